The van der Waals surface area contributed by atoms with Crippen molar-refractivity contribution in [1.82, 2.24) is 4.90 Å². The number of anilines is 1. The van der Waals surface area contributed by atoms with Crippen LogP contribution < -0.4 is 5.73 Å². The van der Waals surface area contributed by atoms with Crippen molar-refractivity contribution in [3.05, 3.63) is 29.8 Å². The van der Waals surface area contributed by atoms with E-state index in [9.17, 15) is 0 Å². The van der Waals surface area contributed by atoms with Gasteiger partial charge in [-0.3, -0.25) is 0 Å². The van der Waals surface area contributed by atoms with Crippen molar-refractivity contribution in [2.24, 2.45) is 0 Å². The molecule has 1 aliphatic carbocycles. The number of nitrogen functional groups attached to an aromatic ring is 1. The number of nitrogens with two attached hydrogens (primary N) is 1. The van der Waals surface area contributed by atoms with E-state index in [1.807, 2.05) is 6.07 Å². The molecule has 0 radical (unpaired) electrons. The first-order valence-electron chi connectivity index (χ1n) is 6.63. The van der Waals surface area contributed by atoms with Crippen LogP contribution in [0.2, 0.25) is 0 Å². The number of rotatable bonds is 3. The molecule has 0 saturated heterocycles. The number of hydrogen-bond donors (Lipinski definition) is 1. The lowest BCUT2D eigenvalue weighted by molar-refractivity contribution is 0.216. The maximum Gasteiger partial charge on any atom is 0.0316 e. The average molecular weight is 232 g/mol. The van der Waals surface area contributed by atoms with Gasteiger partial charge < -0.3 is 10.6 Å². The van der Waals surface area contributed by atoms with Gasteiger partial charge in [-0.2, -0.15) is 0 Å². The third-order valence-electron chi connectivity index (χ3n) is 3.93. The second-order valence-corrected chi connectivity index (χ2v) is 5.70. The molecule has 0 aromatic heterocycles. The zero-order chi connectivity index (χ0) is 12.3. The molecule has 0 bridgehead atoms. The first-order valence-corrected chi connectivity index (χ1v) is 6.63. The zero-order valence-electron chi connectivity index (χ0n) is 11.1. The molecule has 2 N–H and O–H groups in total. The molecule has 0 atom stereocenters. The van der Waals surface area contributed by atoms with Crippen LogP contribution in [0, 0.1) is 0 Å². The molecule has 2 heteroatoms. The maximum absolute atomic E-state index is 5.94. The van der Waals surface area contributed by atoms with Crippen LogP contribution in [-0.2, 0) is 5.41 Å². The molecule has 0 amide bonds. The minimum atomic E-state index is 0.330. The van der Waals surface area contributed by atoms with Gasteiger partial charge in [0.15, 0.2) is 0 Å². The van der Waals surface area contributed by atoms with Crippen LogP contribution in [-0.4, -0.2) is 25.5 Å². The molecule has 0 unspecified atom stereocenters. The van der Waals surface area contributed by atoms with Crippen LogP contribution in [0.3, 0.4) is 0 Å². The van der Waals surface area contributed by atoms with Gasteiger partial charge in [-0.25, -0.2) is 0 Å². The smallest absolute Gasteiger partial charge is 0.0316 e. The lowest BCUT2D eigenvalue weighted by atomic mass is 9.69. The van der Waals surface area contributed by atoms with Crippen molar-refractivity contribution in [3.63, 3.8) is 0 Å². The Kier molecular flexibility index (Phi) is 3.72. The Morgan fingerprint density at radius 2 is 1.88 bits per heavy atom. The lowest BCUT2D eigenvalue weighted by Crippen LogP contribution is -2.39. The SMILES string of the molecule is CN(C)CC1(c2cccc(N)c2)CCCCC1. The van der Waals surface area contributed by atoms with Crippen molar-refractivity contribution < 1.29 is 0 Å². The third-order valence-corrected chi connectivity index (χ3v) is 3.93. The van der Waals surface area contributed by atoms with Crippen molar-refractivity contribution in [3.8, 4) is 0 Å². The van der Waals surface area contributed by atoms with Crippen LogP contribution >= 0.6 is 0 Å². The summed E-state index contributed by atoms with van der Waals surface area (Å²) in [6.45, 7) is 1.14. The Morgan fingerprint density at radius 3 is 2.47 bits per heavy atom. The van der Waals surface area contributed by atoms with Gasteiger partial charge in [-0.15, -0.1) is 0 Å². The molecule has 2 rings (SSSR count). The predicted molar refractivity (Wildman–Crippen MR) is 74.2 cm³/mol. The Labute approximate surface area is 105 Å². The van der Waals surface area contributed by atoms with E-state index in [0.29, 0.717) is 5.41 Å². The van der Waals surface area contributed by atoms with Gasteiger partial charge in [0.2, 0.25) is 0 Å². The third kappa shape index (κ3) is 2.81. The van der Waals surface area contributed by atoms with E-state index in [1.165, 1.54) is 37.7 Å². The van der Waals surface area contributed by atoms with Crippen LogP contribution in [0.25, 0.3) is 0 Å². The Balaban J connectivity index is 2.31. The highest BCUT2D eigenvalue weighted by Gasteiger charge is 2.34. The molecule has 1 fully saturated rings. The molecule has 1 aromatic carbocycles. The fourth-order valence-corrected chi connectivity index (χ4v) is 3.24. The minimum absolute atomic E-state index is 0.330. The fourth-order valence-electron chi connectivity index (χ4n) is 3.24. The first kappa shape index (κ1) is 12.4. The topological polar surface area (TPSA) is 29.3 Å². The van der Waals surface area contributed by atoms with Crippen molar-refractivity contribution >= 4 is 5.69 Å². The summed E-state index contributed by atoms with van der Waals surface area (Å²) >= 11 is 0. The molecule has 0 spiro atoms. The summed E-state index contributed by atoms with van der Waals surface area (Å²) in [5.74, 6) is 0. The van der Waals surface area contributed by atoms with E-state index in [1.54, 1.807) is 0 Å². The van der Waals surface area contributed by atoms with E-state index < -0.39 is 0 Å². The number of nitrogens with zero attached hydrogens (tertiary/aromatic N) is 1. The maximum atomic E-state index is 5.94. The highest BCUT2D eigenvalue weighted by atomic mass is 15.1. The van der Waals surface area contributed by atoms with Gasteiger partial charge in [0.05, 0.1) is 0 Å². The van der Waals surface area contributed by atoms with Crippen LogP contribution in [0.15, 0.2) is 24.3 Å². The van der Waals surface area contributed by atoms with Gasteiger partial charge >= 0.3 is 0 Å². The second-order valence-electron chi connectivity index (χ2n) is 5.70. The molecule has 0 heterocycles. The monoisotopic (exact) mass is 232 g/mol. The van der Waals surface area contributed by atoms with Crippen LogP contribution in [0.5, 0.6) is 0 Å². The molecular formula is C15H24N2. The van der Waals surface area contributed by atoms with Gasteiger partial charge in [-0.05, 0) is 44.6 Å². The van der Waals surface area contributed by atoms with E-state index in [-0.39, 0.29) is 0 Å². The van der Waals surface area contributed by atoms with Gasteiger partial charge in [0.1, 0.15) is 0 Å². The lowest BCUT2D eigenvalue weighted by Gasteiger charge is -2.40. The van der Waals surface area contributed by atoms with E-state index in [0.717, 1.165) is 12.2 Å². The predicted octanol–water partition coefficient (Wildman–Crippen LogP) is 3.03. The largest absolute Gasteiger partial charge is 0.399 e. The Bertz CT molecular complexity index is 365. The molecule has 1 saturated carbocycles. The van der Waals surface area contributed by atoms with E-state index >= 15 is 0 Å². The molecular weight excluding hydrogens is 208 g/mol. The quantitative estimate of drug-likeness (QED) is 0.812. The van der Waals surface area contributed by atoms with Crippen molar-refractivity contribution in [1.29, 1.82) is 0 Å². The average Bonchev–Trinajstić information content (AvgIpc) is 2.29. The molecule has 1 aliphatic rings. The van der Waals surface area contributed by atoms with Gasteiger partial charge in [0.25, 0.3) is 0 Å². The minimum Gasteiger partial charge on any atom is -0.399 e. The standard InChI is InChI=1S/C15H24N2/c1-17(2)12-15(9-4-3-5-10-15)13-7-6-8-14(16)11-13/h6-8,11H,3-5,9-10,12,16H2,1-2H3. The number of benzene rings is 1. The molecule has 2 nitrogen and oxygen atoms in total. The summed E-state index contributed by atoms with van der Waals surface area (Å²) in [5.41, 5.74) is 8.60. The van der Waals surface area contributed by atoms with Gasteiger partial charge in [0, 0.05) is 17.6 Å². The van der Waals surface area contributed by atoms with E-state index in [2.05, 4.69) is 37.2 Å². The zero-order valence-corrected chi connectivity index (χ0v) is 11.1. The molecule has 94 valence electrons. The summed E-state index contributed by atoms with van der Waals surface area (Å²) in [5, 5.41) is 0. The van der Waals surface area contributed by atoms with Crippen molar-refractivity contribution in [2.75, 3.05) is 26.4 Å². The normalized spacial score (nSPS) is 19.5. The summed E-state index contributed by atoms with van der Waals surface area (Å²) in [6, 6.07) is 8.51. The first-order chi connectivity index (χ1) is 8.12. The Morgan fingerprint density at radius 1 is 1.18 bits per heavy atom. The fraction of sp³-hybridized carbons (Fsp3) is 0.600. The summed E-state index contributed by atoms with van der Waals surface area (Å²) < 4.78 is 0. The summed E-state index contributed by atoms with van der Waals surface area (Å²) in [6.07, 6.45) is 6.69. The number of hydrogen-bond acceptors (Lipinski definition) is 2. The summed E-state index contributed by atoms with van der Waals surface area (Å²) in [7, 11) is 4.34. The second kappa shape index (κ2) is 5.09. The molecule has 1 aromatic rings. The highest BCUT2D eigenvalue weighted by Crippen LogP contribution is 2.40. The number of likely N-dealkylation sites (N-methyl/N-ethyl adjacent to an activating group) is 1. The van der Waals surface area contributed by atoms with E-state index in [4.69, 9.17) is 5.73 Å². The molecule has 0 aliphatic heterocycles. The van der Waals surface area contributed by atoms with Crippen molar-refractivity contribution in [2.45, 2.75) is 37.5 Å². The Hall–Kier alpha value is -1.02. The molecule has 17 heavy (non-hydrogen) atoms. The summed E-state index contributed by atoms with van der Waals surface area (Å²) in [4.78, 5) is 2.31. The van der Waals surface area contributed by atoms with Crippen LogP contribution in [0.1, 0.15) is 37.7 Å². The highest BCUT2D eigenvalue weighted by molar-refractivity contribution is 5.43. The van der Waals surface area contributed by atoms with Gasteiger partial charge in [-0.1, -0.05) is 31.4 Å². The van der Waals surface area contributed by atoms with Crippen LogP contribution in [0.4, 0.5) is 5.69 Å².